The Morgan fingerprint density at radius 3 is 1.07 bits per heavy atom. The van der Waals surface area contributed by atoms with Gasteiger partial charge in [-0.1, -0.05) is 6.58 Å². The first kappa shape index (κ1) is 42.2. The summed E-state index contributed by atoms with van der Waals surface area (Å²) in [6.45, 7) is 24.0. The third-order valence-corrected chi connectivity index (χ3v) is 7.45. The number of esters is 3. The first-order valence-corrected chi connectivity index (χ1v) is 16.7. The van der Waals surface area contributed by atoms with Crippen LogP contribution in [0.5, 0.6) is 0 Å². The molecule has 0 aromatic heterocycles. The first-order chi connectivity index (χ1) is 19.6. The van der Waals surface area contributed by atoms with Crippen LogP contribution in [-0.2, 0) is 38.4 Å². The molecule has 0 aliphatic carbocycles. The second kappa shape index (κ2) is 18.4. The zero-order valence-corrected chi connectivity index (χ0v) is 30.0. The normalized spacial score (nSPS) is 17.8. The monoisotopic (exact) mass is 668 g/mol. The maximum Gasteiger partial charge on any atom is 0.320 e. The number of carbonyl (C=O) groups is 3. The minimum absolute atomic E-state index is 0. The second-order valence-electron chi connectivity index (χ2n) is 14.0. The molecule has 0 unspecified atom stereocenters. The van der Waals surface area contributed by atoms with Gasteiger partial charge in [-0.25, -0.2) is 8.42 Å². The molecule has 258 valence electrons. The zero-order valence-electron chi connectivity index (χ0n) is 28.3. The Labute approximate surface area is 271 Å². The minimum Gasteiger partial charge on any atom is -0.459 e. The molecule has 0 atom stereocenters. The summed E-state index contributed by atoms with van der Waals surface area (Å²) in [7, 11) is -3.41. The van der Waals surface area contributed by atoms with Crippen LogP contribution in [0.15, 0.2) is 12.0 Å². The van der Waals surface area contributed by atoms with E-state index in [0.29, 0.717) is 52.4 Å². The molecule has 0 saturated carbocycles. The molecule has 0 radical (unpaired) electrons. The van der Waals surface area contributed by atoms with E-state index in [1.807, 2.05) is 81.9 Å². The quantitative estimate of drug-likeness (QED) is 0.250. The van der Waals surface area contributed by atoms with Gasteiger partial charge in [-0.2, -0.15) is 0 Å². The summed E-state index contributed by atoms with van der Waals surface area (Å²) >= 11 is 0. The molecule has 0 spiro atoms. The summed E-state index contributed by atoms with van der Waals surface area (Å²) < 4.78 is 41.0. The summed E-state index contributed by atoms with van der Waals surface area (Å²) in [5.74, 6) is -1.16. The van der Waals surface area contributed by atoms with Crippen molar-refractivity contribution in [2.45, 2.75) is 79.1 Å². The summed E-state index contributed by atoms with van der Waals surface area (Å²) in [5.41, 5.74) is -1.89. The number of rotatable bonds is 10. The lowest BCUT2D eigenvalue weighted by molar-refractivity contribution is -0.158. The smallest absolute Gasteiger partial charge is 0.320 e. The molecule has 0 amide bonds. The summed E-state index contributed by atoms with van der Waals surface area (Å²) in [6.07, 6.45) is 0. The molecule has 1 rings (SSSR count). The Bertz CT molecular complexity index is 989. The molecule has 44 heavy (non-hydrogen) atoms. The maximum atomic E-state index is 12.8. The van der Waals surface area contributed by atoms with Crippen molar-refractivity contribution in [3.63, 3.8) is 0 Å². The van der Waals surface area contributed by atoms with Crippen LogP contribution in [-0.4, -0.2) is 147 Å². The highest BCUT2D eigenvalue weighted by atomic mass is 35.5. The molecule has 1 fully saturated rings. The molecular formula is C30H57ClN4O8S. The molecule has 1 saturated heterocycles. The fraction of sp³-hybridized carbons (Fsp3) is 0.833. The Balaban J connectivity index is 0.0000185. The van der Waals surface area contributed by atoms with E-state index in [0.717, 1.165) is 5.41 Å². The van der Waals surface area contributed by atoms with E-state index in [2.05, 4.69) is 6.58 Å². The molecular weight excluding hydrogens is 612 g/mol. The molecule has 0 bridgehead atoms. The molecule has 0 N–H and O–H groups in total. The van der Waals surface area contributed by atoms with Crippen LogP contribution < -0.4 is 0 Å². The lowest BCUT2D eigenvalue weighted by Crippen LogP contribution is -2.49. The van der Waals surface area contributed by atoms with E-state index in [1.54, 1.807) is 0 Å². The highest BCUT2D eigenvalue weighted by molar-refractivity contribution is 7.94. The van der Waals surface area contributed by atoms with Crippen molar-refractivity contribution >= 4 is 40.2 Å². The zero-order chi connectivity index (χ0) is 33.1. The number of hydrogen-bond acceptors (Lipinski definition) is 12. The highest BCUT2D eigenvalue weighted by Crippen LogP contribution is 2.11. The van der Waals surface area contributed by atoms with Crippen LogP contribution in [0.1, 0.15) is 62.3 Å². The van der Waals surface area contributed by atoms with Crippen molar-refractivity contribution in [1.29, 1.82) is 0 Å². The third kappa shape index (κ3) is 21.1. The molecule has 1 aliphatic heterocycles. The topological polar surface area (TPSA) is 126 Å². The van der Waals surface area contributed by atoms with Gasteiger partial charge in [0.25, 0.3) is 0 Å². The molecule has 12 nitrogen and oxygen atoms in total. The molecule has 0 aromatic carbocycles. The number of nitrogens with zero attached hydrogens (tertiary/aromatic N) is 4. The van der Waals surface area contributed by atoms with Crippen molar-refractivity contribution in [2.75, 3.05) is 84.3 Å². The standard InChI is InChI=1S/C30H56N4O8S.ClH/c1-11-43(38,39)21-20-31-12-14-32(22-25(35)40-28(2,3)4)16-18-34(24-27(37)42-30(8,9)10)19-17-33(15-13-31)23-26(36)41-29(5,6)7;/h11H,1,12-24H2,2-10H3;1H. The van der Waals surface area contributed by atoms with E-state index in [4.69, 9.17) is 14.2 Å². The van der Waals surface area contributed by atoms with Crippen molar-refractivity contribution in [1.82, 2.24) is 19.6 Å². The van der Waals surface area contributed by atoms with Crippen LogP contribution >= 0.6 is 12.4 Å². The molecule has 1 heterocycles. The second-order valence-corrected chi connectivity index (χ2v) is 16.0. The van der Waals surface area contributed by atoms with Crippen molar-refractivity contribution < 1.29 is 37.0 Å². The van der Waals surface area contributed by atoms with Crippen LogP contribution in [0.3, 0.4) is 0 Å². The lowest BCUT2D eigenvalue weighted by atomic mass is 10.2. The number of sulfone groups is 1. The van der Waals surface area contributed by atoms with E-state index in [-0.39, 0.29) is 62.2 Å². The number of halogens is 1. The van der Waals surface area contributed by atoms with Crippen LogP contribution in [0, 0.1) is 0 Å². The number of ether oxygens (including phenoxy) is 3. The van der Waals surface area contributed by atoms with Crippen LogP contribution in [0.2, 0.25) is 0 Å². The Hall–Kier alpha value is -1.77. The summed E-state index contributed by atoms with van der Waals surface area (Å²) in [5, 5.41) is 0.965. The van der Waals surface area contributed by atoms with Crippen molar-refractivity contribution in [3.8, 4) is 0 Å². The van der Waals surface area contributed by atoms with E-state index < -0.39 is 26.6 Å². The SMILES string of the molecule is C=CS(=O)(=O)CCN1CCN(CC(=O)OC(C)(C)C)CCN(CC(=O)OC(C)(C)C)CCN(CC(=O)OC(C)(C)C)CC1.Cl. The minimum atomic E-state index is -3.41. The van der Waals surface area contributed by atoms with Gasteiger partial charge in [0, 0.05) is 64.3 Å². The molecule has 1 aliphatic rings. The summed E-state index contributed by atoms with van der Waals surface area (Å²) in [6, 6.07) is 0. The lowest BCUT2D eigenvalue weighted by Gasteiger charge is -2.34. The predicted octanol–water partition coefficient (Wildman–Crippen LogP) is 2.21. The van der Waals surface area contributed by atoms with Gasteiger partial charge in [0.05, 0.1) is 25.4 Å². The van der Waals surface area contributed by atoms with Gasteiger partial charge in [-0.3, -0.25) is 34.0 Å². The van der Waals surface area contributed by atoms with Gasteiger partial charge in [-0.15, -0.1) is 12.4 Å². The van der Waals surface area contributed by atoms with Crippen molar-refractivity contribution in [2.24, 2.45) is 0 Å². The van der Waals surface area contributed by atoms with Gasteiger partial charge >= 0.3 is 17.9 Å². The average molecular weight is 669 g/mol. The summed E-state index contributed by atoms with van der Waals surface area (Å²) in [4.78, 5) is 46.1. The first-order valence-electron chi connectivity index (χ1n) is 15.0. The van der Waals surface area contributed by atoms with Gasteiger partial charge in [-0.05, 0) is 62.3 Å². The van der Waals surface area contributed by atoms with Gasteiger partial charge in [0.2, 0.25) is 0 Å². The van der Waals surface area contributed by atoms with Gasteiger partial charge < -0.3 is 14.2 Å². The fourth-order valence-corrected chi connectivity index (χ4v) is 4.96. The van der Waals surface area contributed by atoms with Gasteiger partial charge in [0.15, 0.2) is 9.84 Å². The van der Waals surface area contributed by atoms with Crippen molar-refractivity contribution in [3.05, 3.63) is 12.0 Å². The van der Waals surface area contributed by atoms with E-state index >= 15 is 0 Å². The van der Waals surface area contributed by atoms with E-state index in [1.165, 1.54) is 0 Å². The molecule has 0 aromatic rings. The number of carbonyl (C=O) groups excluding carboxylic acids is 3. The third-order valence-electron chi connectivity index (χ3n) is 6.19. The Morgan fingerprint density at radius 1 is 0.591 bits per heavy atom. The molecule has 14 heteroatoms. The maximum absolute atomic E-state index is 12.8. The average Bonchev–Trinajstić information content (AvgIpc) is 2.79. The Kier molecular flexibility index (Phi) is 17.7. The van der Waals surface area contributed by atoms with Gasteiger partial charge in [0.1, 0.15) is 16.8 Å². The van der Waals surface area contributed by atoms with E-state index in [9.17, 15) is 22.8 Å². The van der Waals surface area contributed by atoms with Crippen LogP contribution in [0.25, 0.3) is 0 Å². The Morgan fingerprint density at radius 2 is 0.841 bits per heavy atom. The largest absolute Gasteiger partial charge is 0.459 e. The fourth-order valence-electron chi connectivity index (χ4n) is 4.29. The van der Waals surface area contributed by atoms with Crippen LogP contribution in [0.4, 0.5) is 0 Å². The number of hydrogen-bond donors (Lipinski definition) is 0. The highest BCUT2D eigenvalue weighted by Gasteiger charge is 2.25. The predicted molar refractivity (Wildman–Crippen MR) is 175 cm³/mol.